The maximum Gasteiger partial charge on any atom is 0.0739 e. The van der Waals surface area contributed by atoms with E-state index in [-0.39, 0.29) is 12.1 Å². The first-order valence-electron chi connectivity index (χ1n) is 5.69. The number of aromatic nitrogens is 2. The minimum Gasteiger partial charge on any atom is -0.394 e. The summed E-state index contributed by atoms with van der Waals surface area (Å²) in [6.07, 6.45) is 2.14. The van der Waals surface area contributed by atoms with E-state index in [1.54, 1.807) is 0 Å². The maximum absolute atomic E-state index is 9.24. The van der Waals surface area contributed by atoms with Crippen molar-refractivity contribution >= 4 is 15.9 Å². The van der Waals surface area contributed by atoms with Crippen LogP contribution in [0.3, 0.4) is 0 Å². The number of aryl methyl sites for hydroxylation is 2. The zero-order valence-electron chi connectivity index (χ0n) is 9.76. The summed E-state index contributed by atoms with van der Waals surface area (Å²) in [6, 6.07) is 0. The number of rotatable bonds is 5. The van der Waals surface area contributed by atoms with E-state index in [4.69, 9.17) is 0 Å². The summed E-state index contributed by atoms with van der Waals surface area (Å²) in [7, 11) is 0. The van der Waals surface area contributed by atoms with Gasteiger partial charge in [-0.25, -0.2) is 0 Å². The SMILES string of the molecule is CCn1nc(C)c(Br)c1CNC1(CO)CC1. The Labute approximate surface area is 104 Å². The zero-order chi connectivity index (χ0) is 11.8. The smallest absolute Gasteiger partial charge is 0.0739 e. The highest BCUT2D eigenvalue weighted by molar-refractivity contribution is 9.10. The summed E-state index contributed by atoms with van der Waals surface area (Å²) in [5.74, 6) is 0. The molecule has 0 amide bonds. The molecule has 1 heterocycles. The molecule has 0 aliphatic heterocycles. The molecule has 0 bridgehead atoms. The fourth-order valence-corrected chi connectivity index (χ4v) is 2.27. The van der Waals surface area contributed by atoms with Gasteiger partial charge in [0.05, 0.1) is 22.5 Å². The first-order chi connectivity index (χ1) is 7.62. The molecule has 1 saturated carbocycles. The van der Waals surface area contributed by atoms with E-state index < -0.39 is 0 Å². The molecule has 1 aromatic rings. The minimum absolute atomic E-state index is 0.0177. The van der Waals surface area contributed by atoms with Crippen molar-refractivity contribution in [2.24, 2.45) is 0 Å². The Morgan fingerprint density at radius 1 is 1.56 bits per heavy atom. The molecule has 0 aromatic carbocycles. The van der Waals surface area contributed by atoms with Crippen molar-refractivity contribution in [2.75, 3.05) is 6.61 Å². The molecule has 0 unspecified atom stereocenters. The van der Waals surface area contributed by atoms with Crippen molar-refractivity contribution < 1.29 is 5.11 Å². The van der Waals surface area contributed by atoms with Crippen molar-refractivity contribution in [1.29, 1.82) is 0 Å². The highest BCUT2D eigenvalue weighted by Crippen LogP contribution is 2.35. The van der Waals surface area contributed by atoms with Gasteiger partial charge >= 0.3 is 0 Å². The lowest BCUT2D eigenvalue weighted by Crippen LogP contribution is -2.34. The topological polar surface area (TPSA) is 50.1 Å². The minimum atomic E-state index is -0.0177. The van der Waals surface area contributed by atoms with E-state index in [0.29, 0.717) is 0 Å². The third kappa shape index (κ3) is 2.17. The lowest BCUT2D eigenvalue weighted by atomic mass is 10.2. The molecule has 1 aliphatic rings. The monoisotopic (exact) mass is 287 g/mol. The van der Waals surface area contributed by atoms with Gasteiger partial charge in [0.25, 0.3) is 0 Å². The van der Waals surface area contributed by atoms with Crippen LogP contribution in [0.5, 0.6) is 0 Å². The number of nitrogens with one attached hydrogen (secondary N) is 1. The molecule has 0 saturated heterocycles. The summed E-state index contributed by atoms with van der Waals surface area (Å²) in [5.41, 5.74) is 2.17. The van der Waals surface area contributed by atoms with E-state index in [9.17, 15) is 5.11 Å². The fourth-order valence-electron chi connectivity index (χ4n) is 1.85. The predicted molar refractivity (Wildman–Crippen MR) is 66.2 cm³/mol. The molecule has 5 heteroatoms. The third-order valence-electron chi connectivity index (χ3n) is 3.24. The van der Waals surface area contributed by atoms with Crippen LogP contribution in [0.25, 0.3) is 0 Å². The predicted octanol–water partition coefficient (Wildman–Crippen LogP) is 1.59. The molecular formula is C11H18BrN3O. The number of aliphatic hydroxyl groups is 1. The van der Waals surface area contributed by atoms with E-state index in [1.807, 2.05) is 11.6 Å². The van der Waals surface area contributed by atoms with Gasteiger partial charge in [0.2, 0.25) is 0 Å². The molecule has 0 radical (unpaired) electrons. The Balaban J connectivity index is 2.08. The molecule has 1 aliphatic carbocycles. The van der Waals surface area contributed by atoms with Crippen molar-refractivity contribution in [3.05, 3.63) is 15.9 Å². The van der Waals surface area contributed by atoms with Crippen LogP contribution in [0, 0.1) is 6.92 Å². The number of hydrogen-bond acceptors (Lipinski definition) is 3. The van der Waals surface area contributed by atoms with E-state index >= 15 is 0 Å². The first-order valence-corrected chi connectivity index (χ1v) is 6.49. The van der Waals surface area contributed by atoms with Gasteiger partial charge in [-0.05, 0) is 42.6 Å². The van der Waals surface area contributed by atoms with Gasteiger partial charge < -0.3 is 10.4 Å². The van der Waals surface area contributed by atoms with E-state index in [2.05, 4.69) is 33.3 Å². The summed E-state index contributed by atoms with van der Waals surface area (Å²) in [5, 5.41) is 17.1. The Kier molecular flexibility index (Phi) is 3.37. The van der Waals surface area contributed by atoms with Crippen LogP contribution in [0.1, 0.15) is 31.2 Å². The largest absolute Gasteiger partial charge is 0.394 e. The van der Waals surface area contributed by atoms with Crippen LogP contribution in [0.2, 0.25) is 0 Å². The Morgan fingerprint density at radius 2 is 2.25 bits per heavy atom. The van der Waals surface area contributed by atoms with Crippen molar-refractivity contribution in [1.82, 2.24) is 15.1 Å². The molecule has 0 atom stereocenters. The van der Waals surface area contributed by atoms with Crippen LogP contribution in [-0.4, -0.2) is 27.0 Å². The lowest BCUT2D eigenvalue weighted by molar-refractivity contribution is 0.228. The van der Waals surface area contributed by atoms with Gasteiger partial charge in [0, 0.05) is 18.6 Å². The second kappa shape index (κ2) is 4.47. The van der Waals surface area contributed by atoms with Crippen LogP contribution in [0.4, 0.5) is 0 Å². The number of hydrogen-bond donors (Lipinski definition) is 2. The van der Waals surface area contributed by atoms with Gasteiger partial charge in [-0.2, -0.15) is 5.10 Å². The molecular weight excluding hydrogens is 270 g/mol. The van der Waals surface area contributed by atoms with E-state index in [0.717, 1.165) is 36.1 Å². The van der Waals surface area contributed by atoms with Crippen LogP contribution in [-0.2, 0) is 13.1 Å². The Bertz CT molecular complexity index is 385. The Morgan fingerprint density at radius 3 is 2.75 bits per heavy atom. The first kappa shape index (κ1) is 12.1. The third-order valence-corrected chi connectivity index (χ3v) is 4.27. The average Bonchev–Trinajstić information content (AvgIpc) is 3.02. The average molecular weight is 288 g/mol. The van der Waals surface area contributed by atoms with Crippen LogP contribution in [0.15, 0.2) is 4.47 Å². The quantitative estimate of drug-likeness (QED) is 0.865. The van der Waals surface area contributed by atoms with Crippen molar-refractivity contribution in [3.63, 3.8) is 0 Å². The van der Waals surface area contributed by atoms with Crippen LogP contribution < -0.4 is 5.32 Å². The normalized spacial score (nSPS) is 17.8. The molecule has 90 valence electrons. The van der Waals surface area contributed by atoms with Crippen LogP contribution >= 0.6 is 15.9 Å². The molecule has 1 aromatic heterocycles. The molecule has 16 heavy (non-hydrogen) atoms. The zero-order valence-corrected chi connectivity index (χ0v) is 11.3. The standard InChI is InChI=1S/C11H18BrN3O/c1-3-15-9(10(12)8(2)14-15)6-13-11(7-16)4-5-11/h13,16H,3-7H2,1-2H3. The lowest BCUT2D eigenvalue weighted by Gasteiger charge is -2.15. The van der Waals surface area contributed by atoms with Crippen molar-refractivity contribution in [3.8, 4) is 0 Å². The van der Waals surface area contributed by atoms with Gasteiger partial charge in [0.1, 0.15) is 0 Å². The molecule has 0 spiro atoms. The summed E-state index contributed by atoms with van der Waals surface area (Å²) in [4.78, 5) is 0. The highest BCUT2D eigenvalue weighted by atomic mass is 79.9. The maximum atomic E-state index is 9.24. The number of nitrogens with zero attached hydrogens (tertiary/aromatic N) is 2. The summed E-state index contributed by atoms with van der Waals surface area (Å²) in [6.45, 7) is 5.94. The van der Waals surface area contributed by atoms with Crippen molar-refractivity contribution in [2.45, 2.75) is 45.3 Å². The molecule has 4 nitrogen and oxygen atoms in total. The van der Waals surface area contributed by atoms with E-state index in [1.165, 1.54) is 5.69 Å². The highest BCUT2D eigenvalue weighted by Gasteiger charge is 2.41. The summed E-state index contributed by atoms with van der Waals surface area (Å²) < 4.78 is 3.08. The second-order valence-corrected chi connectivity index (χ2v) is 5.25. The van der Waals surface area contributed by atoms with Gasteiger partial charge in [-0.15, -0.1) is 0 Å². The fraction of sp³-hybridized carbons (Fsp3) is 0.727. The molecule has 1 fully saturated rings. The molecule has 2 N–H and O–H groups in total. The van der Waals surface area contributed by atoms with Gasteiger partial charge in [0.15, 0.2) is 0 Å². The second-order valence-electron chi connectivity index (χ2n) is 4.45. The molecule has 2 rings (SSSR count). The number of aliphatic hydroxyl groups excluding tert-OH is 1. The summed E-state index contributed by atoms with van der Waals surface area (Å²) >= 11 is 3.57. The van der Waals surface area contributed by atoms with Gasteiger partial charge in [-0.1, -0.05) is 0 Å². The van der Waals surface area contributed by atoms with Gasteiger partial charge in [-0.3, -0.25) is 4.68 Å². The number of halogens is 1. The Hall–Kier alpha value is -0.390.